The molecule has 2 rings (SSSR count). The van der Waals surface area contributed by atoms with Gasteiger partial charge in [-0.25, -0.2) is 0 Å². The molecule has 1 aromatic heterocycles. The smallest absolute Gasteiger partial charge is 0.151 e. The highest BCUT2D eigenvalue weighted by Crippen LogP contribution is 2.16. The Bertz CT molecular complexity index is 558. The number of ketones is 1. The highest BCUT2D eigenvalue weighted by molar-refractivity contribution is 5.89. The summed E-state index contributed by atoms with van der Waals surface area (Å²) in [4.78, 5) is 16.1. The molecule has 0 radical (unpaired) electrons. The largest absolute Gasteiger partial charge is 0.307 e. The molecule has 0 bridgehead atoms. The fourth-order valence-corrected chi connectivity index (χ4v) is 1.90. The Morgan fingerprint density at radius 1 is 1.33 bits per heavy atom. The molecule has 92 valence electrons. The van der Waals surface area contributed by atoms with E-state index < -0.39 is 0 Å². The van der Waals surface area contributed by atoms with Crippen LogP contribution in [-0.2, 0) is 11.2 Å². The van der Waals surface area contributed by atoms with Gasteiger partial charge in [0.15, 0.2) is 5.78 Å². The molecular weight excluding hydrogens is 224 g/mol. The molecule has 18 heavy (non-hydrogen) atoms. The second kappa shape index (κ2) is 6.07. The van der Waals surface area contributed by atoms with Gasteiger partial charge in [0.25, 0.3) is 0 Å². The van der Waals surface area contributed by atoms with Crippen molar-refractivity contribution in [2.75, 3.05) is 13.1 Å². The van der Waals surface area contributed by atoms with Crippen molar-refractivity contribution >= 4 is 16.7 Å². The molecule has 2 aromatic rings. The van der Waals surface area contributed by atoms with E-state index in [9.17, 15) is 4.79 Å². The van der Waals surface area contributed by atoms with E-state index in [1.807, 2.05) is 30.3 Å². The van der Waals surface area contributed by atoms with Crippen LogP contribution in [0, 0.1) is 0 Å². The molecule has 0 saturated carbocycles. The second-order valence-electron chi connectivity index (χ2n) is 4.12. The summed E-state index contributed by atoms with van der Waals surface area (Å²) >= 11 is 0. The average Bonchev–Trinajstić information content (AvgIpc) is 2.39. The van der Waals surface area contributed by atoms with E-state index in [0.717, 1.165) is 16.5 Å². The maximum absolute atomic E-state index is 11.8. The highest BCUT2D eigenvalue weighted by atomic mass is 16.1. The van der Waals surface area contributed by atoms with Crippen LogP contribution in [0.5, 0.6) is 0 Å². The van der Waals surface area contributed by atoms with E-state index >= 15 is 0 Å². The van der Waals surface area contributed by atoms with Gasteiger partial charge in [-0.05, 0) is 17.7 Å². The summed E-state index contributed by atoms with van der Waals surface area (Å²) in [7, 11) is 0. The average molecular weight is 240 g/mol. The Balaban J connectivity index is 2.11. The number of nitrogens with one attached hydrogen (secondary N) is 1. The van der Waals surface area contributed by atoms with Gasteiger partial charge >= 0.3 is 0 Å². The number of benzene rings is 1. The van der Waals surface area contributed by atoms with E-state index in [0.29, 0.717) is 19.5 Å². The van der Waals surface area contributed by atoms with E-state index in [-0.39, 0.29) is 5.78 Å². The molecule has 0 aliphatic heterocycles. The van der Waals surface area contributed by atoms with Crippen molar-refractivity contribution in [3.63, 3.8) is 0 Å². The molecule has 0 atom stereocenters. The zero-order valence-electron chi connectivity index (χ0n) is 10.2. The number of hydrogen-bond donors (Lipinski definition) is 1. The normalized spacial score (nSPS) is 10.4. The number of Topliss-reactive ketones (excluding diaryl/α,β-unsaturated/α-hetero) is 1. The lowest BCUT2D eigenvalue weighted by atomic mass is 10.0. The fourth-order valence-electron chi connectivity index (χ4n) is 1.90. The molecule has 0 amide bonds. The van der Waals surface area contributed by atoms with Gasteiger partial charge < -0.3 is 5.32 Å². The van der Waals surface area contributed by atoms with Crippen molar-refractivity contribution in [2.45, 2.75) is 6.42 Å². The molecule has 0 unspecified atom stereocenters. The summed E-state index contributed by atoms with van der Waals surface area (Å²) in [5.41, 5.74) is 1.97. The Kier molecular flexibility index (Phi) is 4.20. The molecule has 1 heterocycles. The topological polar surface area (TPSA) is 42.0 Å². The van der Waals surface area contributed by atoms with E-state index in [1.54, 1.807) is 12.3 Å². The Labute approximate surface area is 107 Å². The van der Waals surface area contributed by atoms with Gasteiger partial charge in [-0.3, -0.25) is 9.78 Å². The minimum atomic E-state index is 0.174. The summed E-state index contributed by atoms with van der Waals surface area (Å²) < 4.78 is 0. The van der Waals surface area contributed by atoms with Gasteiger partial charge in [0.1, 0.15) is 0 Å². The number of pyridine rings is 1. The predicted molar refractivity (Wildman–Crippen MR) is 73.5 cm³/mol. The number of carbonyl (C=O) groups is 1. The Morgan fingerprint density at radius 3 is 3.00 bits per heavy atom. The molecule has 0 aliphatic rings. The van der Waals surface area contributed by atoms with E-state index in [1.165, 1.54) is 0 Å². The van der Waals surface area contributed by atoms with Crippen molar-refractivity contribution in [3.8, 4) is 0 Å². The first-order valence-corrected chi connectivity index (χ1v) is 5.97. The number of fused-ring (bicyclic) bond motifs is 1. The standard InChI is InChI=1S/C15H16N2O/c1-2-8-16-11-13(18)10-12-7-9-17-15-6-4-3-5-14(12)15/h2-7,9,16H,1,8,10-11H2. The van der Waals surface area contributed by atoms with Crippen LogP contribution < -0.4 is 5.32 Å². The SMILES string of the molecule is C=CCNCC(=O)Cc1ccnc2ccccc12. The van der Waals surface area contributed by atoms with Gasteiger partial charge in [-0.15, -0.1) is 6.58 Å². The number of para-hydroxylation sites is 1. The summed E-state index contributed by atoms with van der Waals surface area (Å²) in [6.45, 7) is 4.63. The molecule has 0 aliphatic carbocycles. The van der Waals surface area contributed by atoms with Crippen LogP contribution in [0.1, 0.15) is 5.56 Å². The van der Waals surface area contributed by atoms with Crippen LogP contribution in [-0.4, -0.2) is 23.9 Å². The predicted octanol–water partition coefficient (Wildman–Crippen LogP) is 2.12. The van der Waals surface area contributed by atoms with Crippen LogP contribution in [0.25, 0.3) is 10.9 Å². The number of hydrogen-bond acceptors (Lipinski definition) is 3. The van der Waals surface area contributed by atoms with Crippen LogP contribution in [0.4, 0.5) is 0 Å². The molecule has 1 aromatic carbocycles. The van der Waals surface area contributed by atoms with Crippen molar-refractivity contribution in [1.82, 2.24) is 10.3 Å². The third kappa shape index (κ3) is 3.02. The number of carbonyl (C=O) groups excluding carboxylic acids is 1. The molecule has 0 spiro atoms. The first kappa shape index (κ1) is 12.5. The summed E-state index contributed by atoms with van der Waals surface area (Å²) in [6.07, 6.45) is 3.93. The lowest BCUT2D eigenvalue weighted by Crippen LogP contribution is -2.24. The highest BCUT2D eigenvalue weighted by Gasteiger charge is 2.06. The monoisotopic (exact) mass is 240 g/mol. The summed E-state index contributed by atoms with van der Waals surface area (Å²) in [6, 6.07) is 9.79. The third-order valence-corrected chi connectivity index (χ3v) is 2.74. The minimum Gasteiger partial charge on any atom is -0.307 e. The molecular formula is C15H16N2O. The van der Waals surface area contributed by atoms with Gasteiger partial charge in [0.05, 0.1) is 12.1 Å². The van der Waals surface area contributed by atoms with Gasteiger partial charge in [-0.2, -0.15) is 0 Å². The number of aromatic nitrogens is 1. The Morgan fingerprint density at radius 2 is 2.17 bits per heavy atom. The van der Waals surface area contributed by atoms with Crippen LogP contribution in [0.3, 0.4) is 0 Å². The van der Waals surface area contributed by atoms with E-state index in [4.69, 9.17) is 0 Å². The van der Waals surface area contributed by atoms with E-state index in [2.05, 4.69) is 16.9 Å². The zero-order chi connectivity index (χ0) is 12.8. The van der Waals surface area contributed by atoms with Gasteiger partial charge in [-0.1, -0.05) is 24.3 Å². The quantitative estimate of drug-likeness (QED) is 0.621. The third-order valence-electron chi connectivity index (χ3n) is 2.74. The number of rotatable bonds is 6. The van der Waals surface area contributed by atoms with Gasteiger partial charge in [0, 0.05) is 24.5 Å². The van der Waals surface area contributed by atoms with Crippen LogP contribution >= 0.6 is 0 Å². The van der Waals surface area contributed by atoms with Crippen LogP contribution in [0.15, 0.2) is 49.2 Å². The minimum absolute atomic E-state index is 0.174. The van der Waals surface area contributed by atoms with Crippen molar-refractivity contribution in [2.24, 2.45) is 0 Å². The lowest BCUT2D eigenvalue weighted by molar-refractivity contribution is -0.117. The Hall–Kier alpha value is -2.00. The first-order valence-electron chi connectivity index (χ1n) is 5.97. The maximum atomic E-state index is 11.8. The molecule has 0 saturated heterocycles. The zero-order valence-corrected chi connectivity index (χ0v) is 10.2. The summed E-state index contributed by atoms with van der Waals surface area (Å²) in [5.74, 6) is 0.174. The summed E-state index contributed by atoms with van der Waals surface area (Å²) in [5, 5.41) is 4.07. The second-order valence-corrected chi connectivity index (χ2v) is 4.12. The molecule has 3 heteroatoms. The first-order chi connectivity index (χ1) is 8.81. The van der Waals surface area contributed by atoms with Gasteiger partial charge in [0.2, 0.25) is 0 Å². The fraction of sp³-hybridized carbons (Fsp3) is 0.200. The lowest BCUT2D eigenvalue weighted by Gasteiger charge is -2.05. The van der Waals surface area contributed by atoms with Crippen molar-refractivity contribution < 1.29 is 4.79 Å². The maximum Gasteiger partial charge on any atom is 0.151 e. The van der Waals surface area contributed by atoms with Crippen LogP contribution in [0.2, 0.25) is 0 Å². The number of nitrogens with zero attached hydrogens (tertiary/aromatic N) is 1. The molecule has 1 N–H and O–H groups in total. The van der Waals surface area contributed by atoms with Crippen molar-refractivity contribution in [1.29, 1.82) is 0 Å². The molecule has 3 nitrogen and oxygen atoms in total. The molecule has 0 fully saturated rings. The van der Waals surface area contributed by atoms with Crippen molar-refractivity contribution in [3.05, 3.63) is 54.7 Å².